The second-order valence-electron chi connectivity index (χ2n) is 6.18. The van der Waals surface area contributed by atoms with E-state index in [-0.39, 0.29) is 12.0 Å². The topological polar surface area (TPSA) is 41.6 Å². The molecule has 1 N–H and O–H groups in total. The minimum absolute atomic E-state index is 0.0796. The standard InChI is InChI=1S/C17H34N2O2/c1-5-8-12-19(14(4)6-2)13-11-16(17(20)21-7-3)18-15-9-10-15/h14-16,18H,5-13H2,1-4H3. The molecule has 1 aliphatic rings. The van der Waals surface area contributed by atoms with E-state index in [1.165, 1.54) is 25.7 Å². The number of hydrogen-bond acceptors (Lipinski definition) is 4. The fourth-order valence-corrected chi connectivity index (χ4v) is 2.51. The highest BCUT2D eigenvalue weighted by molar-refractivity contribution is 5.75. The van der Waals surface area contributed by atoms with Crippen molar-refractivity contribution in [2.75, 3.05) is 19.7 Å². The first-order valence-corrected chi connectivity index (χ1v) is 8.79. The van der Waals surface area contributed by atoms with Crippen LogP contribution in [0.25, 0.3) is 0 Å². The quantitative estimate of drug-likeness (QED) is 0.562. The van der Waals surface area contributed by atoms with Gasteiger partial charge in [-0.2, -0.15) is 0 Å². The molecule has 0 aromatic carbocycles. The van der Waals surface area contributed by atoms with Crippen LogP contribution in [-0.4, -0.2) is 48.7 Å². The Morgan fingerprint density at radius 1 is 1.29 bits per heavy atom. The summed E-state index contributed by atoms with van der Waals surface area (Å²) in [6, 6.07) is 0.984. The van der Waals surface area contributed by atoms with Crippen LogP contribution in [0.4, 0.5) is 0 Å². The number of unbranched alkanes of at least 4 members (excludes halogenated alkanes) is 1. The zero-order valence-electron chi connectivity index (χ0n) is 14.4. The van der Waals surface area contributed by atoms with Crippen LogP contribution >= 0.6 is 0 Å². The highest BCUT2D eigenvalue weighted by Crippen LogP contribution is 2.20. The Morgan fingerprint density at radius 3 is 2.52 bits per heavy atom. The zero-order chi connectivity index (χ0) is 15.7. The van der Waals surface area contributed by atoms with E-state index in [1.807, 2.05) is 6.92 Å². The third-order valence-corrected chi connectivity index (χ3v) is 4.30. The van der Waals surface area contributed by atoms with Gasteiger partial charge in [0.15, 0.2) is 0 Å². The maximum absolute atomic E-state index is 12.1. The maximum atomic E-state index is 12.1. The summed E-state index contributed by atoms with van der Waals surface area (Å²) < 4.78 is 5.21. The summed E-state index contributed by atoms with van der Waals surface area (Å²) in [5, 5.41) is 3.44. The van der Waals surface area contributed by atoms with Gasteiger partial charge < -0.3 is 15.0 Å². The van der Waals surface area contributed by atoms with E-state index in [9.17, 15) is 4.79 Å². The molecule has 4 heteroatoms. The van der Waals surface area contributed by atoms with Crippen molar-refractivity contribution < 1.29 is 9.53 Å². The van der Waals surface area contributed by atoms with Crippen LogP contribution in [0.3, 0.4) is 0 Å². The van der Waals surface area contributed by atoms with Gasteiger partial charge in [-0.25, -0.2) is 0 Å². The Kier molecular flexibility index (Phi) is 8.93. The minimum atomic E-state index is -0.134. The number of nitrogens with zero attached hydrogens (tertiary/aromatic N) is 1. The van der Waals surface area contributed by atoms with Crippen LogP contribution in [0.2, 0.25) is 0 Å². The molecule has 0 aromatic heterocycles. The summed E-state index contributed by atoms with van der Waals surface area (Å²) in [6.45, 7) is 11.2. The first-order valence-electron chi connectivity index (χ1n) is 8.79. The van der Waals surface area contributed by atoms with E-state index in [1.54, 1.807) is 0 Å². The molecule has 0 heterocycles. The van der Waals surface area contributed by atoms with Gasteiger partial charge in [0.1, 0.15) is 6.04 Å². The van der Waals surface area contributed by atoms with Gasteiger partial charge in [0.05, 0.1) is 6.61 Å². The number of rotatable bonds is 12. The average molecular weight is 298 g/mol. The first-order chi connectivity index (χ1) is 10.1. The molecule has 0 spiro atoms. The molecular weight excluding hydrogens is 264 g/mol. The second-order valence-corrected chi connectivity index (χ2v) is 6.18. The summed E-state index contributed by atoms with van der Waals surface area (Å²) in [6.07, 6.45) is 6.84. The molecule has 0 aromatic rings. The third kappa shape index (κ3) is 7.28. The van der Waals surface area contributed by atoms with Gasteiger partial charge in [-0.05, 0) is 52.5 Å². The number of ether oxygens (including phenoxy) is 1. The van der Waals surface area contributed by atoms with Crippen LogP contribution in [0.15, 0.2) is 0 Å². The Hall–Kier alpha value is -0.610. The molecular formula is C17H34N2O2. The van der Waals surface area contributed by atoms with Crippen LogP contribution < -0.4 is 5.32 Å². The van der Waals surface area contributed by atoms with E-state index < -0.39 is 0 Å². The van der Waals surface area contributed by atoms with Crippen molar-refractivity contribution in [1.82, 2.24) is 10.2 Å². The van der Waals surface area contributed by atoms with Gasteiger partial charge in [0, 0.05) is 18.6 Å². The summed E-state index contributed by atoms with van der Waals surface area (Å²) >= 11 is 0. The maximum Gasteiger partial charge on any atom is 0.323 e. The van der Waals surface area contributed by atoms with Crippen molar-refractivity contribution in [2.45, 2.75) is 84.3 Å². The van der Waals surface area contributed by atoms with Gasteiger partial charge >= 0.3 is 5.97 Å². The predicted molar refractivity (Wildman–Crippen MR) is 87.4 cm³/mol. The van der Waals surface area contributed by atoms with Crippen molar-refractivity contribution in [3.05, 3.63) is 0 Å². The number of carbonyl (C=O) groups is 1. The Balaban J connectivity index is 2.47. The lowest BCUT2D eigenvalue weighted by atomic mass is 10.1. The summed E-state index contributed by atoms with van der Waals surface area (Å²) in [4.78, 5) is 14.6. The van der Waals surface area contributed by atoms with Crippen molar-refractivity contribution in [2.24, 2.45) is 0 Å². The molecule has 0 aliphatic heterocycles. The monoisotopic (exact) mass is 298 g/mol. The van der Waals surface area contributed by atoms with Crippen molar-refractivity contribution >= 4 is 5.97 Å². The lowest BCUT2D eigenvalue weighted by Crippen LogP contribution is -2.43. The van der Waals surface area contributed by atoms with E-state index in [0.717, 1.165) is 25.9 Å². The average Bonchev–Trinajstić information content (AvgIpc) is 3.29. The largest absolute Gasteiger partial charge is 0.465 e. The molecule has 2 atom stereocenters. The Labute approximate surface area is 130 Å². The van der Waals surface area contributed by atoms with E-state index in [0.29, 0.717) is 18.7 Å². The summed E-state index contributed by atoms with van der Waals surface area (Å²) in [5.41, 5.74) is 0. The van der Waals surface area contributed by atoms with E-state index in [2.05, 4.69) is 31.0 Å². The highest BCUT2D eigenvalue weighted by atomic mass is 16.5. The van der Waals surface area contributed by atoms with Crippen molar-refractivity contribution in [1.29, 1.82) is 0 Å². The molecule has 0 radical (unpaired) electrons. The van der Waals surface area contributed by atoms with Gasteiger partial charge in [-0.1, -0.05) is 20.3 Å². The molecule has 1 aliphatic carbocycles. The van der Waals surface area contributed by atoms with Crippen LogP contribution in [0.1, 0.15) is 66.2 Å². The van der Waals surface area contributed by atoms with Crippen LogP contribution in [0.5, 0.6) is 0 Å². The van der Waals surface area contributed by atoms with Gasteiger partial charge in [0.2, 0.25) is 0 Å². The zero-order valence-corrected chi connectivity index (χ0v) is 14.4. The molecule has 1 rings (SSSR count). The molecule has 124 valence electrons. The van der Waals surface area contributed by atoms with Gasteiger partial charge in [-0.3, -0.25) is 4.79 Å². The number of esters is 1. The third-order valence-electron chi connectivity index (χ3n) is 4.30. The normalized spacial score (nSPS) is 17.8. The van der Waals surface area contributed by atoms with Crippen LogP contribution in [0, 0.1) is 0 Å². The van der Waals surface area contributed by atoms with Crippen molar-refractivity contribution in [3.8, 4) is 0 Å². The first kappa shape index (κ1) is 18.4. The number of hydrogen-bond donors (Lipinski definition) is 1. The molecule has 1 fully saturated rings. The lowest BCUT2D eigenvalue weighted by molar-refractivity contribution is -0.146. The molecule has 21 heavy (non-hydrogen) atoms. The second kappa shape index (κ2) is 10.2. The SMILES string of the molecule is CCCCN(CCC(NC1CC1)C(=O)OCC)C(C)CC. The Bertz CT molecular complexity index is 293. The molecule has 2 unspecified atom stereocenters. The molecule has 1 saturated carbocycles. The molecule has 0 saturated heterocycles. The number of carbonyl (C=O) groups excluding carboxylic acids is 1. The molecule has 4 nitrogen and oxygen atoms in total. The smallest absolute Gasteiger partial charge is 0.323 e. The lowest BCUT2D eigenvalue weighted by Gasteiger charge is -2.30. The summed E-state index contributed by atoms with van der Waals surface area (Å²) in [7, 11) is 0. The Morgan fingerprint density at radius 2 is 2.00 bits per heavy atom. The fourth-order valence-electron chi connectivity index (χ4n) is 2.51. The predicted octanol–water partition coefficient (Wildman–Crippen LogP) is 2.96. The van der Waals surface area contributed by atoms with Crippen molar-refractivity contribution in [3.63, 3.8) is 0 Å². The highest BCUT2D eigenvalue weighted by Gasteiger charge is 2.29. The van der Waals surface area contributed by atoms with E-state index in [4.69, 9.17) is 4.74 Å². The van der Waals surface area contributed by atoms with Gasteiger partial charge in [-0.15, -0.1) is 0 Å². The molecule has 0 amide bonds. The molecule has 0 bridgehead atoms. The van der Waals surface area contributed by atoms with Gasteiger partial charge in [0.25, 0.3) is 0 Å². The fraction of sp³-hybridized carbons (Fsp3) is 0.941. The van der Waals surface area contributed by atoms with E-state index >= 15 is 0 Å². The van der Waals surface area contributed by atoms with Crippen LogP contribution in [-0.2, 0) is 9.53 Å². The number of nitrogens with one attached hydrogen (secondary N) is 1. The minimum Gasteiger partial charge on any atom is -0.465 e. The summed E-state index contributed by atoms with van der Waals surface area (Å²) in [5.74, 6) is -0.0796.